The Kier molecular flexibility index (Phi) is 8.83. The predicted molar refractivity (Wildman–Crippen MR) is 139 cm³/mol. The molecule has 0 bridgehead atoms. The van der Waals surface area contributed by atoms with E-state index in [1.807, 2.05) is 48.5 Å². The van der Waals surface area contributed by atoms with Gasteiger partial charge in [0, 0.05) is 12.3 Å². The van der Waals surface area contributed by atoms with Gasteiger partial charge in [0.25, 0.3) is 0 Å². The van der Waals surface area contributed by atoms with Gasteiger partial charge in [-0.25, -0.2) is 22.8 Å². The van der Waals surface area contributed by atoms with Crippen molar-refractivity contribution in [1.82, 2.24) is 5.32 Å². The van der Waals surface area contributed by atoms with E-state index in [2.05, 4.69) is 10.1 Å². The summed E-state index contributed by atoms with van der Waals surface area (Å²) in [7, 11) is 0. The smallest absolute Gasteiger partial charge is 0.407 e. The van der Waals surface area contributed by atoms with Gasteiger partial charge in [-0.15, -0.1) is 0 Å². The molecule has 1 aliphatic carbocycles. The fourth-order valence-electron chi connectivity index (χ4n) is 4.53. The normalized spacial score (nSPS) is 13.1. The molecular weight excluding hydrogens is 565 g/mol. The lowest BCUT2D eigenvalue weighted by Gasteiger charge is -2.21. The zero-order chi connectivity index (χ0) is 30.8. The number of amides is 1. The molecule has 1 N–H and O–H groups in total. The highest BCUT2D eigenvalue weighted by Gasteiger charge is 2.33. The number of alkyl carbamates (subject to hydrolysis) is 1. The number of ether oxygens (including phenoxy) is 3. The summed E-state index contributed by atoms with van der Waals surface area (Å²) in [6.45, 7) is 4.61. The van der Waals surface area contributed by atoms with Gasteiger partial charge in [-0.1, -0.05) is 48.5 Å². The molecule has 0 saturated heterocycles. The number of rotatable bonds is 8. The van der Waals surface area contributed by atoms with Crippen LogP contribution in [0, 0.1) is 29.1 Å². The molecule has 222 valence electrons. The molecule has 0 spiro atoms. The van der Waals surface area contributed by atoms with E-state index in [9.17, 15) is 36.3 Å². The lowest BCUT2D eigenvalue weighted by molar-refractivity contribution is -0.155. The van der Waals surface area contributed by atoms with Crippen LogP contribution in [0.3, 0.4) is 0 Å². The van der Waals surface area contributed by atoms with Gasteiger partial charge in [-0.05, 0) is 49.4 Å². The quantitative estimate of drug-likeness (QED) is 0.109. The summed E-state index contributed by atoms with van der Waals surface area (Å²) >= 11 is 0. The number of carbonyl (C=O) groups is 3. The summed E-state index contributed by atoms with van der Waals surface area (Å²) in [6.07, 6.45) is -2.13. The van der Waals surface area contributed by atoms with E-state index in [1.54, 1.807) is 20.8 Å². The average Bonchev–Trinajstić information content (AvgIpc) is 3.26. The first-order chi connectivity index (χ1) is 19.8. The third-order valence-corrected chi connectivity index (χ3v) is 6.35. The fourth-order valence-corrected chi connectivity index (χ4v) is 4.53. The van der Waals surface area contributed by atoms with Crippen LogP contribution in [0.2, 0.25) is 0 Å². The van der Waals surface area contributed by atoms with Crippen LogP contribution in [0.4, 0.5) is 26.7 Å². The zero-order valence-corrected chi connectivity index (χ0v) is 22.7. The van der Waals surface area contributed by atoms with Crippen molar-refractivity contribution in [2.24, 2.45) is 0 Å². The Hall–Kier alpha value is -4.48. The minimum absolute atomic E-state index is 0.161. The van der Waals surface area contributed by atoms with Gasteiger partial charge in [-0.3, -0.25) is 4.79 Å². The largest absolute Gasteiger partial charge is 0.460 e. The van der Waals surface area contributed by atoms with Crippen molar-refractivity contribution in [2.45, 2.75) is 51.2 Å². The summed E-state index contributed by atoms with van der Waals surface area (Å²) in [5.74, 6) is -16.4. The maximum Gasteiger partial charge on any atom is 0.407 e. The maximum absolute atomic E-state index is 14.1. The number of fused-ring (bicyclic) bond motifs is 3. The van der Waals surface area contributed by atoms with Crippen LogP contribution >= 0.6 is 0 Å². The van der Waals surface area contributed by atoms with Crippen LogP contribution in [-0.2, 0) is 19.1 Å². The van der Waals surface area contributed by atoms with E-state index < -0.39 is 77.4 Å². The molecule has 0 aliphatic heterocycles. The number of benzene rings is 3. The van der Waals surface area contributed by atoms with Gasteiger partial charge in [0.1, 0.15) is 18.2 Å². The van der Waals surface area contributed by atoms with E-state index in [-0.39, 0.29) is 12.5 Å². The number of hydrogen-bond donors (Lipinski definition) is 1. The summed E-state index contributed by atoms with van der Waals surface area (Å²) in [5, 5.41) is 2.16. The van der Waals surface area contributed by atoms with Crippen LogP contribution in [0.15, 0.2) is 48.5 Å². The Labute approximate surface area is 237 Å². The Bertz CT molecular complexity index is 1460. The molecule has 0 radical (unpaired) electrons. The van der Waals surface area contributed by atoms with Crippen LogP contribution in [0.1, 0.15) is 50.7 Å². The van der Waals surface area contributed by atoms with E-state index in [0.717, 1.165) is 22.3 Å². The molecule has 7 nitrogen and oxygen atoms in total. The predicted octanol–water partition coefficient (Wildman–Crippen LogP) is 6.32. The molecule has 0 heterocycles. The van der Waals surface area contributed by atoms with E-state index in [1.165, 1.54) is 0 Å². The van der Waals surface area contributed by atoms with Crippen molar-refractivity contribution in [3.8, 4) is 16.9 Å². The van der Waals surface area contributed by atoms with Crippen molar-refractivity contribution < 1.29 is 50.5 Å². The third-order valence-electron chi connectivity index (χ3n) is 6.35. The molecule has 3 aromatic rings. The summed E-state index contributed by atoms with van der Waals surface area (Å²) in [6, 6.07) is 13.2. The Balaban J connectivity index is 1.50. The van der Waals surface area contributed by atoms with Gasteiger partial charge in [0.2, 0.25) is 34.8 Å². The molecule has 4 rings (SSSR count). The standard InChI is InChI=1S/C30H26F5NO6/c1-30(2,3)42-21(37)13-12-20(28(38)41-27-25(34)23(32)22(31)24(33)26(27)35)36-29(39)40-14-19-17-10-6-4-8-15(17)16-9-5-7-11-18(16)19/h4-11,19-20H,12-14H2,1-3H3,(H,36,39)/t20-/m1/s1. The van der Waals surface area contributed by atoms with Gasteiger partial charge in [-0.2, -0.15) is 8.78 Å². The van der Waals surface area contributed by atoms with Crippen LogP contribution in [0.5, 0.6) is 5.75 Å². The molecule has 0 saturated carbocycles. The van der Waals surface area contributed by atoms with Gasteiger partial charge in [0.05, 0.1) is 0 Å². The second-order valence-electron chi connectivity index (χ2n) is 10.5. The minimum atomic E-state index is -2.44. The Morgan fingerprint density at radius 1 is 0.810 bits per heavy atom. The summed E-state index contributed by atoms with van der Waals surface area (Å²) in [4.78, 5) is 37.8. The number of esters is 2. The van der Waals surface area contributed by atoms with E-state index in [0.29, 0.717) is 0 Å². The van der Waals surface area contributed by atoms with Crippen molar-refractivity contribution >= 4 is 18.0 Å². The van der Waals surface area contributed by atoms with Crippen LogP contribution in [-0.4, -0.2) is 36.3 Å². The summed E-state index contributed by atoms with van der Waals surface area (Å²) in [5.41, 5.74) is 2.84. The molecule has 3 aromatic carbocycles. The van der Waals surface area contributed by atoms with Crippen molar-refractivity contribution in [3.63, 3.8) is 0 Å². The van der Waals surface area contributed by atoms with Crippen molar-refractivity contribution in [3.05, 3.63) is 88.7 Å². The SMILES string of the molecule is CC(C)(C)OC(=O)CC[C@@H](NC(=O)OCC1c2ccccc2-c2ccccc21)C(=O)Oc1c(F)c(F)c(F)c(F)c1F. The Morgan fingerprint density at radius 2 is 1.31 bits per heavy atom. The number of hydrogen-bond acceptors (Lipinski definition) is 6. The fraction of sp³-hybridized carbons (Fsp3) is 0.300. The van der Waals surface area contributed by atoms with Crippen molar-refractivity contribution in [2.75, 3.05) is 6.61 Å². The van der Waals surface area contributed by atoms with Crippen LogP contribution in [0.25, 0.3) is 11.1 Å². The first-order valence-electron chi connectivity index (χ1n) is 12.8. The van der Waals surface area contributed by atoms with E-state index in [4.69, 9.17) is 9.47 Å². The molecule has 1 aliphatic rings. The topological polar surface area (TPSA) is 90.9 Å². The highest BCUT2D eigenvalue weighted by Crippen LogP contribution is 2.44. The molecule has 0 unspecified atom stereocenters. The monoisotopic (exact) mass is 591 g/mol. The lowest BCUT2D eigenvalue weighted by atomic mass is 9.98. The Morgan fingerprint density at radius 3 is 1.83 bits per heavy atom. The van der Waals surface area contributed by atoms with E-state index >= 15 is 0 Å². The second kappa shape index (κ2) is 12.2. The maximum atomic E-state index is 14.1. The average molecular weight is 592 g/mol. The second-order valence-corrected chi connectivity index (χ2v) is 10.5. The van der Waals surface area contributed by atoms with Gasteiger partial charge < -0.3 is 19.5 Å². The highest BCUT2D eigenvalue weighted by molar-refractivity contribution is 5.84. The summed E-state index contributed by atoms with van der Waals surface area (Å²) < 4.78 is 84.0. The molecule has 0 aromatic heterocycles. The molecule has 0 fully saturated rings. The molecule has 12 heteroatoms. The lowest BCUT2D eigenvalue weighted by Crippen LogP contribution is -2.44. The molecular formula is C30H26F5NO6. The number of carbonyl (C=O) groups excluding carboxylic acids is 3. The zero-order valence-electron chi connectivity index (χ0n) is 22.7. The first kappa shape index (κ1) is 30.5. The first-order valence-corrected chi connectivity index (χ1v) is 12.8. The van der Waals surface area contributed by atoms with Crippen LogP contribution < -0.4 is 10.1 Å². The highest BCUT2D eigenvalue weighted by atomic mass is 19.2. The molecule has 1 atom stereocenters. The molecule has 42 heavy (non-hydrogen) atoms. The third kappa shape index (κ3) is 6.53. The minimum Gasteiger partial charge on any atom is -0.460 e. The molecule has 1 amide bonds. The van der Waals surface area contributed by atoms with Gasteiger partial charge in [0.15, 0.2) is 0 Å². The van der Waals surface area contributed by atoms with Crippen molar-refractivity contribution in [1.29, 1.82) is 0 Å². The number of halogens is 5. The number of nitrogens with one attached hydrogen (secondary N) is 1. The van der Waals surface area contributed by atoms with Gasteiger partial charge >= 0.3 is 18.0 Å².